The van der Waals surface area contributed by atoms with E-state index in [4.69, 9.17) is 29.8 Å². The van der Waals surface area contributed by atoms with Crippen molar-refractivity contribution in [3.63, 3.8) is 0 Å². The molecule has 4 N–H and O–H groups in total. The lowest BCUT2D eigenvalue weighted by Gasteiger charge is -2.21. The van der Waals surface area contributed by atoms with Gasteiger partial charge in [0.2, 0.25) is 0 Å². The van der Waals surface area contributed by atoms with Gasteiger partial charge in [-0.15, -0.1) is 0 Å². The predicted octanol–water partition coefficient (Wildman–Crippen LogP) is 2.73. The third kappa shape index (κ3) is 6.36. The number of esters is 1. The van der Waals surface area contributed by atoms with Gasteiger partial charge in [0, 0.05) is 17.7 Å². The molecule has 11 nitrogen and oxygen atoms in total. The van der Waals surface area contributed by atoms with Crippen LogP contribution in [0.15, 0.2) is 29.1 Å². The Bertz CT molecular complexity index is 1340. The number of carboxylic acid groups (broad SMARTS) is 1. The van der Waals surface area contributed by atoms with Gasteiger partial charge in [-0.05, 0) is 43.5 Å². The minimum absolute atomic E-state index is 0.0501. The van der Waals surface area contributed by atoms with Crippen molar-refractivity contribution >= 4 is 22.8 Å². The molecule has 37 heavy (non-hydrogen) atoms. The van der Waals surface area contributed by atoms with Crippen molar-refractivity contribution in [1.29, 1.82) is 0 Å². The fourth-order valence-corrected chi connectivity index (χ4v) is 3.81. The highest BCUT2D eigenvalue weighted by Crippen LogP contribution is 2.32. The molecule has 0 fully saturated rings. The minimum Gasteiger partial charge on any atom is -0.497 e. The molecule has 2 aromatic carbocycles. The van der Waals surface area contributed by atoms with Gasteiger partial charge < -0.3 is 34.8 Å². The van der Waals surface area contributed by atoms with E-state index >= 15 is 0 Å². The molecule has 0 amide bonds. The second-order valence-corrected chi connectivity index (χ2v) is 8.56. The zero-order valence-corrected chi connectivity index (χ0v) is 21.4. The van der Waals surface area contributed by atoms with Gasteiger partial charge in [0.15, 0.2) is 0 Å². The van der Waals surface area contributed by atoms with Gasteiger partial charge in [-0.3, -0.25) is 14.4 Å². The largest absolute Gasteiger partial charge is 0.497 e. The molecule has 1 aromatic heterocycles. The Balaban J connectivity index is 1.85. The number of carbonyl (C=O) groups is 2. The van der Waals surface area contributed by atoms with Crippen molar-refractivity contribution < 1.29 is 33.6 Å². The highest BCUT2D eigenvalue weighted by Gasteiger charge is 2.20. The summed E-state index contributed by atoms with van der Waals surface area (Å²) in [5, 5.41) is 9.16. The van der Waals surface area contributed by atoms with E-state index in [1.165, 1.54) is 14.2 Å². The summed E-state index contributed by atoms with van der Waals surface area (Å²) in [6.45, 7) is 5.56. The number of ether oxygens (including phenoxy) is 4. The zero-order valence-electron chi connectivity index (χ0n) is 21.4. The SMILES string of the molecule is CCC(COC(=O)CC(N)C(=O)O)Oc1c(C)cc(-c2nc3cc(OC)cc(OC)c3c(=O)[nH]2)cc1C. The fourth-order valence-electron chi connectivity index (χ4n) is 3.81. The molecular formula is C26H31N3O8. The Hall–Kier alpha value is -4.12. The number of nitrogens with two attached hydrogens (primary N) is 1. The Morgan fingerprint density at radius 1 is 1.11 bits per heavy atom. The molecule has 11 heteroatoms. The van der Waals surface area contributed by atoms with Gasteiger partial charge in [0.1, 0.15) is 47.2 Å². The number of carbonyl (C=O) groups excluding carboxylic acids is 1. The molecule has 2 atom stereocenters. The van der Waals surface area contributed by atoms with Crippen LogP contribution in [0.1, 0.15) is 30.9 Å². The molecule has 0 aliphatic rings. The number of H-pyrrole nitrogens is 1. The van der Waals surface area contributed by atoms with E-state index in [-0.39, 0.29) is 12.2 Å². The van der Waals surface area contributed by atoms with Crippen LogP contribution in [0, 0.1) is 13.8 Å². The molecule has 3 rings (SSSR count). The summed E-state index contributed by atoms with van der Waals surface area (Å²) in [5.41, 5.74) is 7.74. The molecule has 1 heterocycles. The lowest BCUT2D eigenvalue weighted by atomic mass is 10.0. The Morgan fingerprint density at radius 3 is 2.35 bits per heavy atom. The molecule has 0 spiro atoms. The van der Waals surface area contributed by atoms with Crippen LogP contribution in [0.5, 0.6) is 17.2 Å². The number of aromatic nitrogens is 2. The molecule has 2 unspecified atom stereocenters. The average molecular weight is 514 g/mol. The Labute approximate surface area is 213 Å². The van der Waals surface area contributed by atoms with E-state index < -0.39 is 30.5 Å². The minimum atomic E-state index is -1.32. The Morgan fingerprint density at radius 2 is 1.78 bits per heavy atom. The first-order valence-corrected chi connectivity index (χ1v) is 11.7. The number of aromatic amines is 1. The average Bonchev–Trinajstić information content (AvgIpc) is 2.86. The number of rotatable bonds is 11. The van der Waals surface area contributed by atoms with Gasteiger partial charge in [-0.1, -0.05) is 6.92 Å². The summed E-state index contributed by atoms with van der Waals surface area (Å²) in [7, 11) is 3.00. The maximum Gasteiger partial charge on any atom is 0.321 e. The quantitative estimate of drug-likeness (QED) is 0.325. The predicted molar refractivity (Wildman–Crippen MR) is 136 cm³/mol. The van der Waals surface area contributed by atoms with E-state index in [0.717, 1.165) is 11.1 Å². The molecule has 0 aliphatic carbocycles. The van der Waals surface area contributed by atoms with E-state index in [2.05, 4.69) is 9.97 Å². The molecule has 0 aliphatic heterocycles. The standard InChI is InChI=1S/C26H31N3O8/c1-6-16(12-36-21(30)11-18(27)26(32)33)37-23-13(2)7-15(8-14(23)3)24-28-19-9-17(34-4)10-20(35-5)22(19)25(31)29-24/h7-10,16,18H,6,11-12,27H2,1-5H3,(H,32,33)(H,28,29,31). The van der Waals surface area contributed by atoms with Crippen molar-refractivity contribution in [1.82, 2.24) is 9.97 Å². The third-order valence-corrected chi connectivity index (χ3v) is 5.81. The third-order valence-electron chi connectivity index (χ3n) is 5.81. The van der Waals surface area contributed by atoms with Crippen LogP contribution in [0.25, 0.3) is 22.3 Å². The van der Waals surface area contributed by atoms with Crippen molar-refractivity contribution in [2.75, 3.05) is 20.8 Å². The van der Waals surface area contributed by atoms with Crippen LogP contribution in [0.2, 0.25) is 0 Å². The molecular weight excluding hydrogens is 482 g/mol. The van der Waals surface area contributed by atoms with Gasteiger partial charge in [0.25, 0.3) is 5.56 Å². The highest BCUT2D eigenvalue weighted by atomic mass is 16.6. The van der Waals surface area contributed by atoms with Gasteiger partial charge in [-0.25, -0.2) is 4.98 Å². The summed E-state index contributed by atoms with van der Waals surface area (Å²) >= 11 is 0. The highest BCUT2D eigenvalue weighted by molar-refractivity contribution is 5.87. The van der Waals surface area contributed by atoms with Crippen LogP contribution < -0.4 is 25.5 Å². The van der Waals surface area contributed by atoms with E-state index in [9.17, 15) is 14.4 Å². The molecule has 198 valence electrons. The number of nitrogens with one attached hydrogen (secondary N) is 1. The smallest absolute Gasteiger partial charge is 0.321 e. The molecule has 0 radical (unpaired) electrons. The van der Waals surface area contributed by atoms with Crippen LogP contribution in [0.3, 0.4) is 0 Å². The molecule has 0 bridgehead atoms. The number of methoxy groups -OCH3 is 2. The monoisotopic (exact) mass is 513 g/mol. The zero-order chi connectivity index (χ0) is 27.3. The van der Waals surface area contributed by atoms with Gasteiger partial charge in [-0.2, -0.15) is 0 Å². The number of nitrogens with zero attached hydrogens (tertiary/aromatic N) is 1. The van der Waals surface area contributed by atoms with Gasteiger partial charge in [0.05, 0.1) is 26.2 Å². The number of benzene rings is 2. The van der Waals surface area contributed by atoms with Crippen LogP contribution in [0.4, 0.5) is 0 Å². The summed E-state index contributed by atoms with van der Waals surface area (Å²) in [5.74, 6) is -0.114. The summed E-state index contributed by atoms with van der Waals surface area (Å²) < 4.78 is 21.9. The van der Waals surface area contributed by atoms with Crippen molar-refractivity contribution in [3.05, 3.63) is 45.7 Å². The van der Waals surface area contributed by atoms with Crippen molar-refractivity contribution in [3.8, 4) is 28.6 Å². The lowest BCUT2D eigenvalue weighted by molar-refractivity contribution is -0.150. The van der Waals surface area contributed by atoms with E-state index in [1.54, 1.807) is 12.1 Å². The second-order valence-electron chi connectivity index (χ2n) is 8.56. The summed E-state index contributed by atoms with van der Waals surface area (Å²) in [6.07, 6.45) is -0.332. The molecule has 0 saturated carbocycles. The van der Waals surface area contributed by atoms with Crippen LogP contribution in [-0.4, -0.2) is 60.0 Å². The number of hydrogen-bond donors (Lipinski definition) is 3. The molecule has 3 aromatic rings. The lowest BCUT2D eigenvalue weighted by Crippen LogP contribution is -2.34. The summed E-state index contributed by atoms with van der Waals surface area (Å²) in [4.78, 5) is 43.1. The number of fused-ring (bicyclic) bond motifs is 1. The second kappa shape index (κ2) is 11.7. The maximum atomic E-state index is 12.9. The van der Waals surface area contributed by atoms with Gasteiger partial charge >= 0.3 is 11.9 Å². The molecule has 0 saturated heterocycles. The fraction of sp³-hybridized carbons (Fsp3) is 0.385. The number of hydrogen-bond acceptors (Lipinski definition) is 9. The number of aryl methyl sites for hydroxylation is 2. The van der Waals surface area contributed by atoms with Crippen LogP contribution in [-0.2, 0) is 14.3 Å². The first kappa shape index (κ1) is 27.5. The maximum absolute atomic E-state index is 12.9. The topological polar surface area (TPSA) is 163 Å². The Kier molecular flexibility index (Phi) is 8.72. The normalized spacial score (nSPS) is 12.6. The van der Waals surface area contributed by atoms with Crippen LogP contribution >= 0.6 is 0 Å². The summed E-state index contributed by atoms with van der Waals surface area (Å²) in [6, 6.07) is 5.66. The van der Waals surface area contributed by atoms with E-state index in [1.807, 2.05) is 32.9 Å². The number of aliphatic carboxylic acids is 1. The first-order chi connectivity index (χ1) is 17.6. The first-order valence-electron chi connectivity index (χ1n) is 11.7. The van der Waals surface area contributed by atoms with E-state index in [0.29, 0.717) is 46.0 Å². The number of carboxylic acids is 1. The van der Waals surface area contributed by atoms with Crippen molar-refractivity contribution in [2.24, 2.45) is 5.73 Å². The van der Waals surface area contributed by atoms with Crippen molar-refractivity contribution in [2.45, 2.75) is 45.8 Å².